The first-order chi connectivity index (χ1) is 14.0. The highest BCUT2D eigenvalue weighted by Crippen LogP contribution is 2.31. The van der Waals surface area contributed by atoms with E-state index in [9.17, 15) is 15.0 Å². The predicted octanol–water partition coefficient (Wildman–Crippen LogP) is 5.54. The summed E-state index contributed by atoms with van der Waals surface area (Å²) in [7, 11) is 0. The topological polar surface area (TPSA) is 82.5 Å². The molecule has 0 saturated heterocycles. The maximum atomic E-state index is 13.1. The van der Waals surface area contributed by atoms with Crippen molar-refractivity contribution in [2.24, 2.45) is 0 Å². The summed E-state index contributed by atoms with van der Waals surface area (Å²) < 4.78 is 0.959. The van der Waals surface area contributed by atoms with Gasteiger partial charge in [0.2, 0.25) is 0 Å². The number of amides is 1. The number of phenols is 2. The van der Waals surface area contributed by atoms with Gasteiger partial charge in [-0.25, -0.2) is 4.98 Å². The van der Waals surface area contributed by atoms with Crippen LogP contribution in [-0.2, 0) is 4.79 Å². The lowest BCUT2D eigenvalue weighted by Gasteiger charge is -2.08. The number of nitrogens with zero attached hydrogens (tertiary/aromatic N) is 1. The quantitative estimate of drug-likeness (QED) is 0.298. The van der Waals surface area contributed by atoms with Gasteiger partial charge in [0.25, 0.3) is 5.91 Å². The molecule has 4 rings (SSSR count). The summed E-state index contributed by atoms with van der Waals surface area (Å²) in [6.45, 7) is 0. The van der Waals surface area contributed by atoms with Gasteiger partial charge in [-0.15, -0.1) is 11.3 Å². The number of nitrogens with one attached hydrogen (secondary N) is 1. The predicted molar refractivity (Wildman–Crippen MR) is 117 cm³/mol. The number of carbonyl (C=O) groups excluding carboxylic acids is 1. The van der Waals surface area contributed by atoms with Gasteiger partial charge in [0.15, 0.2) is 11.5 Å². The first-order valence-corrected chi connectivity index (χ1v) is 9.85. The van der Waals surface area contributed by atoms with Crippen molar-refractivity contribution in [1.29, 1.82) is 0 Å². The number of fused-ring (bicyclic) bond motifs is 1. The molecule has 1 amide bonds. The van der Waals surface area contributed by atoms with E-state index in [1.54, 1.807) is 36.4 Å². The molecule has 7 heteroatoms. The fourth-order valence-electron chi connectivity index (χ4n) is 2.74. The monoisotopic (exact) mass is 422 g/mol. The second kappa shape index (κ2) is 7.95. The van der Waals surface area contributed by atoms with Crippen LogP contribution in [0.1, 0.15) is 10.6 Å². The average Bonchev–Trinajstić information content (AvgIpc) is 3.14. The molecule has 4 aromatic rings. The highest BCUT2D eigenvalue weighted by atomic mass is 35.5. The molecule has 0 aliphatic carbocycles. The Kier molecular flexibility index (Phi) is 5.20. The summed E-state index contributed by atoms with van der Waals surface area (Å²) in [5.41, 5.74) is 2.29. The van der Waals surface area contributed by atoms with Crippen LogP contribution in [0.2, 0.25) is 5.02 Å². The van der Waals surface area contributed by atoms with Gasteiger partial charge < -0.3 is 15.5 Å². The molecule has 29 heavy (non-hydrogen) atoms. The van der Waals surface area contributed by atoms with Crippen LogP contribution in [0, 0.1) is 0 Å². The number of thiazole rings is 1. The molecule has 144 valence electrons. The molecule has 0 aliphatic heterocycles. The molecule has 0 spiro atoms. The second-order valence-corrected chi connectivity index (χ2v) is 7.72. The number of aromatic hydroxyl groups is 2. The highest BCUT2D eigenvalue weighted by Gasteiger charge is 2.17. The first-order valence-electron chi connectivity index (χ1n) is 8.66. The van der Waals surface area contributed by atoms with E-state index in [0.29, 0.717) is 26.9 Å². The molecule has 0 radical (unpaired) electrons. The summed E-state index contributed by atoms with van der Waals surface area (Å²) in [4.78, 5) is 17.7. The van der Waals surface area contributed by atoms with Crippen molar-refractivity contribution in [3.05, 3.63) is 82.3 Å². The van der Waals surface area contributed by atoms with Gasteiger partial charge in [-0.05, 0) is 60.2 Å². The molecule has 5 nitrogen and oxygen atoms in total. The Hall–Kier alpha value is -3.35. The maximum absolute atomic E-state index is 13.1. The number of aromatic nitrogens is 1. The number of hydrogen-bond acceptors (Lipinski definition) is 5. The molecular weight excluding hydrogens is 408 g/mol. The van der Waals surface area contributed by atoms with Crippen molar-refractivity contribution in [3.8, 4) is 11.5 Å². The summed E-state index contributed by atoms with van der Waals surface area (Å²) >= 11 is 7.31. The molecule has 0 bridgehead atoms. The highest BCUT2D eigenvalue weighted by molar-refractivity contribution is 7.19. The normalized spacial score (nSPS) is 11.6. The van der Waals surface area contributed by atoms with E-state index >= 15 is 0 Å². The number of para-hydroxylation sites is 1. The Morgan fingerprint density at radius 1 is 1.00 bits per heavy atom. The molecule has 0 aliphatic rings. The third-order valence-corrected chi connectivity index (χ3v) is 5.50. The van der Waals surface area contributed by atoms with E-state index in [4.69, 9.17) is 11.6 Å². The molecule has 0 unspecified atom stereocenters. The van der Waals surface area contributed by atoms with Crippen molar-refractivity contribution in [2.75, 3.05) is 5.32 Å². The molecule has 1 heterocycles. The zero-order valence-electron chi connectivity index (χ0n) is 15.0. The minimum atomic E-state index is -0.348. The molecule has 3 N–H and O–H groups in total. The summed E-state index contributed by atoms with van der Waals surface area (Å²) in [5, 5.41) is 23.3. The summed E-state index contributed by atoms with van der Waals surface area (Å²) in [6, 6.07) is 18.8. The van der Waals surface area contributed by atoms with E-state index in [2.05, 4.69) is 10.3 Å². The number of rotatable bonds is 4. The zero-order valence-corrected chi connectivity index (χ0v) is 16.5. The van der Waals surface area contributed by atoms with Crippen molar-refractivity contribution in [3.63, 3.8) is 0 Å². The minimum Gasteiger partial charge on any atom is -0.504 e. The van der Waals surface area contributed by atoms with E-state index in [-0.39, 0.29) is 17.4 Å². The van der Waals surface area contributed by atoms with E-state index < -0.39 is 0 Å². The Balaban J connectivity index is 1.77. The van der Waals surface area contributed by atoms with Gasteiger partial charge in [0.05, 0.1) is 15.8 Å². The Bertz CT molecular complexity index is 1200. The lowest BCUT2D eigenvalue weighted by atomic mass is 10.1. The van der Waals surface area contributed by atoms with Crippen molar-refractivity contribution >= 4 is 56.4 Å². The number of hydrogen-bond donors (Lipinski definition) is 3. The standard InChI is InChI=1S/C22H15ClN2O3S/c23-14-6-8-15(9-7-14)24-21(28)16(11-13-5-10-18(26)19(27)12-13)22-25-17-3-1-2-4-20(17)29-22/h1-12,26-27H,(H,24,28). The lowest BCUT2D eigenvalue weighted by molar-refractivity contribution is -0.111. The Morgan fingerprint density at radius 2 is 1.76 bits per heavy atom. The SMILES string of the molecule is O=C(Nc1ccc(Cl)cc1)C(=Cc1ccc(O)c(O)c1)c1nc2ccccc2s1. The van der Waals surface area contributed by atoms with Gasteiger partial charge in [-0.1, -0.05) is 29.8 Å². The van der Waals surface area contributed by atoms with Gasteiger partial charge in [0, 0.05) is 10.7 Å². The van der Waals surface area contributed by atoms with Gasteiger partial charge >= 0.3 is 0 Å². The number of benzene rings is 3. The molecular formula is C22H15ClN2O3S. The molecule has 3 aromatic carbocycles. The van der Waals surface area contributed by atoms with Crippen LogP contribution in [0.15, 0.2) is 66.7 Å². The molecule has 1 aromatic heterocycles. The van der Waals surface area contributed by atoms with Crippen molar-refractivity contribution < 1.29 is 15.0 Å². The maximum Gasteiger partial charge on any atom is 0.258 e. The average molecular weight is 423 g/mol. The minimum absolute atomic E-state index is 0.227. The van der Waals surface area contributed by atoms with E-state index in [1.807, 2.05) is 24.3 Å². The number of carbonyl (C=O) groups is 1. The van der Waals surface area contributed by atoms with Crippen LogP contribution in [-0.4, -0.2) is 21.1 Å². The second-order valence-electron chi connectivity index (χ2n) is 6.25. The lowest BCUT2D eigenvalue weighted by Crippen LogP contribution is -2.13. The number of anilines is 1. The van der Waals surface area contributed by atoms with E-state index in [0.717, 1.165) is 10.2 Å². The van der Waals surface area contributed by atoms with Crippen molar-refractivity contribution in [1.82, 2.24) is 4.98 Å². The van der Waals surface area contributed by atoms with Gasteiger partial charge in [-0.2, -0.15) is 0 Å². The van der Waals surface area contributed by atoms with Gasteiger partial charge in [0.1, 0.15) is 5.01 Å². The Labute approximate surface area is 175 Å². The molecule has 0 saturated carbocycles. The summed E-state index contributed by atoms with van der Waals surface area (Å²) in [5.74, 6) is -0.839. The number of halogens is 1. The smallest absolute Gasteiger partial charge is 0.258 e. The van der Waals surface area contributed by atoms with Crippen LogP contribution < -0.4 is 5.32 Å². The number of phenolic OH excluding ortho intramolecular Hbond substituents is 2. The van der Waals surface area contributed by atoms with Crippen molar-refractivity contribution in [2.45, 2.75) is 0 Å². The van der Waals surface area contributed by atoms with Gasteiger partial charge in [-0.3, -0.25) is 4.79 Å². The summed E-state index contributed by atoms with van der Waals surface area (Å²) in [6.07, 6.45) is 1.63. The molecule has 0 atom stereocenters. The fourth-order valence-corrected chi connectivity index (χ4v) is 3.85. The third kappa shape index (κ3) is 4.23. The fraction of sp³-hybridized carbons (Fsp3) is 0. The zero-order chi connectivity index (χ0) is 20.4. The molecule has 0 fully saturated rings. The van der Waals surface area contributed by atoms with Crippen LogP contribution in [0.4, 0.5) is 5.69 Å². The van der Waals surface area contributed by atoms with Crippen LogP contribution >= 0.6 is 22.9 Å². The largest absolute Gasteiger partial charge is 0.504 e. The third-order valence-electron chi connectivity index (χ3n) is 4.18. The van der Waals surface area contributed by atoms with Crippen LogP contribution in [0.25, 0.3) is 21.9 Å². The van der Waals surface area contributed by atoms with Crippen LogP contribution in [0.5, 0.6) is 11.5 Å². The van der Waals surface area contributed by atoms with Crippen LogP contribution in [0.3, 0.4) is 0 Å². The Morgan fingerprint density at radius 3 is 2.48 bits per heavy atom. The first kappa shape index (κ1) is 19.0. The van der Waals surface area contributed by atoms with E-state index in [1.165, 1.54) is 23.5 Å².